The van der Waals surface area contributed by atoms with Crippen molar-refractivity contribution in [1.29, 1.82) is 0 Å². The van der Waals surface area contributed by atoms with Crippen molar-refractivity contribution >= 4 is 168 Å². The van der Waals surface area contributed by atoms with E-state index >= 15 is 0 Å². The van der Waals surface area contributed by atoms with E-state index in [0.29, 0.717) is 6.61 Å². The molecule has 7 aliphatic rings. The van der Waals surface area contributed by atoms with Crippen LogP contribution in [0.2, 0.25) is 0 Å². The fraction of sp³-hybridized carbons (Fsp3) is 0.271. The summed E-state index contributed by atoms with van der Waals surface area (Å²) >= 11 is 12.7. The summed E-state index contributed by atoms with van der Waals surface area (Å²) in [5, 5.41) is 15.9. The normalized spacial score (nSPS) is 12.8. The molecule has 7 aliphatic heterocycles. The van der Waals surface area contributed by atoms with Gasteiger partial charge in [0.05, 0.1) is 77.3 Å². The summed E-state index contributed by atoms with van der Waals surface area (Å²) in [6.45, 7) is 96.5. The van der Waals surface area contributed by atoms with E-state index in [0.717, 1.165) is 145 Å². The molecule has 0 spiro atoms. The SMILES string of the molecule is C=c1c(C)c(C)c2c(c1C)Sc1cc(C)ccc1N=2.C=c1c(C)c(C)c2c(c1C)Sc1cc(C)ccc1N=2.C=c1c(C)c(C)c2c(c1C)Sc1ccc(C)cc1N=2.C=c1c(C)c(C)c2c(c1C)Sc1ccc(C)cc1N=2.C=c1c(C)c(C)c2c(c1C)Sc1ccc(C)cc1N=2.C=c1c(C)c(C)c2c(c1C)Sc1ccc(C)cc1N=2.C=c1c(C)c(C)c2c(c1C)Sc1ccc(OC/C=C(\C)CC/C=C(\C)CCC=C(C)C)cc1N=2. The molecule has 0 saturated heterocycles. The third kappa shape index (κ3) is 23.1. The van der Waals surface area contributed by atoms with Crippen LogP contribution in [-0.2, 0) is 0 Å². The second-order valence-electron chi connectivity index (χ2n) is 40.9. The van der Waals surface area contributed by atoms with E-state index in [4.69, 9.17) is 39.7 Å². The molecule has 0 saturated carbocycles. The fourth-order valence-corrected chi connectivity index (χ4v) is 27.0. The number of aryl methyl sites for hydroxylation is 6. The Bertz CT molecular complexity index is 8270. The molecular formula is C133H141N7OS7. The second-order valence-corrected chi connectivity index (χ2v) is 48.3. The maximum absolute atomic E-state index is 6.05. The van der Waals surface area contributed by atoms with Crippen LogP contribution in [0, 0.1) is 187 Å². The quantitative estimate of drug-likeness (QED) is 0.132. The van der Waals surface area contributed by atoms with Gasteiger partial charge in [-0.15, -0.1) is 0 Å². The summed E-state index contributed by atoms with van der Waals surface area (Å²) in [7, 11) is 0. The molecule has 14 aromatic rings. The van der Waals surface area contributed by atoms with Crippen LogP contribution in [0.4, 0.5) is 39.8 Å². The maximum Gasteiger partial charge on any atom is 0.122 e. The topological polar surface area (TPSA) is 95.8 Å². The Hall–Kier alpha value is -11.8. The first-order valence-corrected chi connectivity index (χ1v) is 56.6. The van der Waals surface area contributed by atoms with Crippen molar-refractivity contribution in [3.63, 3.8) is 0 Å². The number of ether oxygens (including phenoxy) is 1. The van der Waals surface area contributed by atoms with E-state index in [1.165, 1.54) is 235 Å². The van der Waals surface area contributed by atoms with Crippen molar-refractivity contribution in [2.45, 2.75) is 309 Å². The first-order chi connectivity index (χ1) is 70.1. The van der Waals surface area contributed by atoms with Gasteiger partial charge in [0, 0.05) is 74.6 Å². The van der Waals surface area contributed by atoms with Crippen molar-refractivity contribution in [2.75, 3.05) is 6.61 Å². The highest BCUT2D eigenvalue weighted by molar-refractivity contribution is 8.01. The third-order valence-corrected chi connectivity index (χ3v) is 39.0. The zero-order chi connectivity index (χ0) is 107. The Morgan fingerprint density at radius 1 is 0.216 bits per heavy atom. The fourth-order valence-electron chi connectivity index (χ4n) is 18.8. The molecule has 14 aromatic carbocycles. The lowest BCUT2D eigenvalue weighted by Crippen LogP contribution is -2.24. The lowest BCUT2D eigenvalue weighted by Gasteiger charge is -2.18. The first-order valence-electron chi connectivity index (χ1n) is 50.9. The minimum atomic E-state index is 0.583. The summed E-state index contributed by atoms with van der Waals surface area (Å²) < 4.78 is 6.05. The molecule has 0 N–H and O–H groups in total. The van der Waals surface area contributed by atoms with Crippen LogP contribution < -0.4 is 78.8 Å². The number of rotatable bonds is 9. The van der Waals surface area contributed by atoms with Gasteiger partial charge in [0.1, 0.15) is 12.4 Å². The molecule has 0 amide bonds. The average molecular weight is 2080 g/mol. The van der Waals surface area contributed by atoms with E-state index in [1.54, 1.807) is 11.8 Å². The van der Waals surface area contributed by atoms with Crippen LogP contribution >= 0.6 is 82.3 Å². The molecule has 0 aliphatic carbocycles. The molecule has 0 atom stereocenters. The molecule has 15 heteroatoms. The largest absolute Gasteiger partial charge is 0.489 e. The predicted molar refractivity (Wildman–Crippen MR) is 640 cm³/mol. The molecule has 21 rings (SSSR count). The molecule has 0 bridgehead atoms. The number of hydrogen-bond acceptors (Lipinski definition) is 15. The zero-order valence-electron chi connectivity index (χ0n) is 92.7. The van der Waals surface area contributed by atoms with Crippen LogP contribution in [0.15, 0.2) is 266 Å². The molecule has 0 radical (unpaired) electrons. The number of benzene rings is 14. The smallest absolute Gasteiger partial charge is 0.122 e. The first kappa shape index (κ1) is 110. The summed E-state index contributed by atoms with van der Waals surface area (Å²) in [5.41, 5.74) is 45.7. The number of nitrogens with zero attached hydrogens (tertiary/aromatic N) is 7. The number of allylic oxidation sites excluding steroid dienone is 5. The van der Waals surface area contributed by atoms with Crippen molar-refractivity contribution in [3.8, 4) is 5.75 Å². The Morgan fingerprint density at radius 3 is 0.669 bits per heavy atom. The van der Waals surface area contributed by atoms with E-state index in [1.807, 2.05) is 70.6 Å². The highest BCUT2D eigenvalue weighted by Crippen LogP contribution is 2.47. The monoisotopic (exact) mass is 2080 g/mol. The van der Waals surface area contributed by atoms with E-state index < -0.39 is 0 Å². The van der Waals surface area contributed by atoms with Crippen LogP contribution in [0.3, 0.4) is 0 Å². The standard InChI is InChI=1S/C31H39NOS.6C17H17NS/c1-20(2)11-9-12-21(3)13-10-14-22(4)17-18-33-27-15-16-29-28(19-27)32-30-25(7)23(5)24(6)26(8)31(30)34-29;4*1-9-6-7-15-14(8-9)18-16-12(4)10(2)11(3)13(5)17(16)19-15;2*1-9-6-7-14-15(8-9)19-17-13(5)11(3)10(2)12(4)16(17)18-14/h11,13,15-17,19H,6,9-10,12,14,18H2,1-5,7-8H3;6*6-8H,3H2,1-2,4-5H3/b21-13+,22-17+;;;;;;. The second kappa shape index (κ2) is 46.0. The summed E-state index contributed by atoms with van der Waals surface area (Å²) in [6, 6.07) is 45.0. The Kier molecular flexibility index (Phi) is 34.3. The molecule has 0 aromatic heterocycles. The minimum Gasteiger partial charge on any atom is -0.489 e. The average Bonchev–Trinajstić information content (AvgIpc) is 0.787. The highest BCUT2D eigenvalue weighted by Gasteiger charge is 2.27. The maximum atomic E-state index is 6.05. The van der Waals surface area contributed by atoms with Gasteiger partial charge in [0.25, 0.3) is 0 Å². The number of fused-ring (bicyclic) bond motifs is 14. The van der Waals surface area contributed by atoms with Crippen LogP contribution in [-0.4, -0.2) is 6.61 Å². The van der Waals surface area contributed by atoms with Crippen molar-refractivity contribution < 1.29 is 4.74 Å². The van der Waals surface area contributed by atoms with Crippen molar-refractivity contribution in [3.05, 3.63) is 387 Å². The van der Waals surface area contributed by atoms with Crippen LogP contribution in [0.25, 0.3) is 46.1 Å². The third-order valence-electron chi connectivity index (χ3n) is 30.2. The Balaban J connectivity index is 0.000000131. The van der Waals surface area contributed by atoms with Gasteiger partial charge >= 0.3 is 0 Å². The summed E-state index contributed by atoms with van der Waals surface area (Å²) in [6.07, 6.45) is 11.3. The van der Waals surface area contributed by atoms with E-state index in [2.05, 4.69) is 406 Å². The number of hydrogen-bond donors (Lipinski definition) is 0. The van der Waals surface area contributed by atoms with Crippen LogP contribution in [0.1, 0.15) is 204 Å². The zero-order valence-corrected chi connectivity index (χ0v) is 98.5. The van der Waals surface area contributed by atoms with E-state index in [-0.39, 0.29) is 0 Å². The van der Waals surface area contributed by atoms with Gasteiger partial charge in [-0.05, 0) is 518 Å². The van der Waals surface area contributed by atoms with Gasteiger partial charge < -0.3 is 4.74 Å². The lowest BCUT2D eigenvalue weighted by atomic mass is 10.0. The van der Waals surface area contributed by atoms with Gasteiger partial charge in [0.2, 0.25) is 0 Å². The van der Waals surface area contributed by atoms with Gasteiger partial charge in [-0.2, -0.15) is 0 Å². The Morgan fingerprint density at radius 2 is 0.419 bits per heavy atom. The molecule has 0 unspecified atom stereocenters. The van der Waals surface area contributed by atoms with Gasteiger partial charge in [-0.3, -0.25) is 0 Å². The lowest BCUT2D eigenvalue weighted by molar-refractivity contribution is 0.361. The minimum absolute atomic E-state index is 0.583. The van der Waals surface area contributed by atoms with E-state index in [9.17, 15) is 0 Å². The molecule has 148 heavy (non-hydrogen) atoms. The summed E-state index contributed by atoms with van der Waals surface area (Å²) in [4.78, 5) is 51.7. The van der Waals surface area contributed by atoms with Gasteiger partial charge in [-0.25, -0.2) is 34.9 Å². The molecule has 756 valence electrons. The molecule has 0 fully saturated rings. The van der Waals surface area contributed by atoms with Crippen LogP contribution in [0.5, 0.6) is 5.75 Å². The molecule has 8 nitrogen and oxygen atoms in total. The highest BCUT2D eigenvalue weighted by atomic mass is 32.2. The van der Waals surface area contributed by atoms with Crippen molar-refractivity contribution in [2.24, 2.45) is 34.9 Å². The molecular weight excluding hydrogens is 1940 g/mol. The predicted octanol–water partition coefficient (Wildman–Crippen LogP) is 30.7. The summed E-state index contributed by atoms with van der Waals surface area (Å²) in [5.74, 6) is 0.866. The van der Waals surface area contributed by atoms with Gasteiger partial charge in [0.15, 0.2) is 0 Å². The Labute approximate surface area is 907 Å². The van der Waals surface area contributed by atoms with Crippen molar-refractivity contribution in [1.82, 2.24) is 0 Å². The molecule has 7 heterocycles. The van der Waals surface area contributed by atoms with Gasteiger partial charge in [-0.1, -0.05) is 194 Å².